The van der Waals surface area contributed by atoms with Gasteiger partial charge in [-0.2, -0.15) is 0 Å². The molecule has 0 saturated carbocycles. The normalized spacial score (nSPS) is 16.5. The van der Waals surface area contributed by atoms with Gasteiger partial charge < -0.3 is 20.3 Å². The van der Waals surface area contributed by atoms with Crippen molar-refractivity contribution in [3.05, 3.63) is 58.6 Å². The molecule has 0 bridgehead atoms. The molecule has 1 aliphatic heterocycles. The van der Waals surface area contributed by atoms with E-state index in [-0.39, 0.29) is 11.6 Å². The Kier molecular flexibility index (Phi) is 6.44. The second-order valence-electron chi connectivity index (χ2n) is 6.74. The Morgan fingerprint density at radius 2 is 2.07 bits per heavy atom. The number of non-ortho nitro benzene ring substituents is 1. The van der Waals surface area contributed by atoms with E-state index in [1.54, 1.807) is 0 Å². The Morgan fingerprint density at radius 3 is 2.79 bits per heavy atom. The van der Waals surface area contributed by atoms with Crippen LogP contribution in [0.15, 0.2) is 48.5 Å². The van der Waals surface area contributed by atoms with Gasteiger partial charge in [-0.3, -0.25) is 14.9 Å². The van der Waals surface area contributed by atoms with Crippen LogP contribution in [0.25, 0.3) is 0 Å². The van der Waals surface area contributed by atoms with Crippen LogP contribution in [0.4, 0.5) is 17.1 Å². The minimum atomic E-state index is -0.501. The van der Waals surface area contributed by atoms with Gasteiger partial charge in [0.15, 0.2) is 0 Å². The van der Waals surface area contributed by atoms with E-state index in [1.165, 1.54) is 25.3 Å². The Balaban J connectivity index is 1.48. The maximum Gasteiger partial charge on any atom is 0.271 e. The second kappa shape index (κ2) is 9.18. The molecule has 2 N–H and O–H groups in total. The topological polar surface area (TPSA) is 96.7 Å². The fraction of sp³-hybridized carbons (Fsp3) is 0.350. The molecule has 2 aromatic rings. The molecule has 1 saturated heterocycles. The third kappa shape index (κ3) is 5.20. The summed E-state index contributed by atoms with van der Waals surface area (Å²) < 4.78 is 5.17. The second-order valence-corrected chi connectivity index (χ2v) is 6.74. The molecule has 2 aromatic carbocycles. The summed E-state index contributed by atoms with van der Waals surface area (Å²) in [5.74, 6) is 0.200. The molecular formula is C20H24N4O4. The molecular weight excluding hydrogens is 360 g/mol. The van der Waals surface area contributed by atoms with Gasteiger partial charge in [-0.1, -0.05) is 18.2 Å². The Labute approximate surface area is 163 Å². The first kappa shape index (κ1) is 19.6. The van der Waals surface area contributed by atoms with Crippen LogP contribution in [0.2, 0.25) is 0 Å². The third-order valence-electron chi connectivity index (χ3n) is 4.74. The van der Waals surface area contributed by atoms with Crippen molar-refractivity contribution in [1.82, 2.24) is 4.90 Å². The van der Waals surface area contributed by atoms with Crippen LogP contribution >= 0.6 is 0 Å². The summed E-state index contributed by atoms with van der Waals surface area (Å²) >= 11 is 0. The van der Waals surface area contributed by atoms with E-state index in [1.807, 2.05) is 30.3 Å². The van der Waals surface area contributed by atoms with Crippen LogP contribution in [0.1, 0.15) is 12.8 Å². The van der Waals surface area contributed by atoms with Crippen LogP contribution in [0, 0.1) is 10.1 Å². The lowest BCUT2D eigenvalue weighted by Gasteiger charge is -2.17. The number of likely N-dealkylation sites (tertiary alicyclic amines) is 1. The number of benzene rings is 2. The van der Waals surface area contributed by atoms with E-state index in [2.05, 4.69) is 15.5 Å². The van der Waals surface area contributed by atoms with Crippen molar-refractivity contribution in [1.29, 1.82) is 0 Å². The number of hydrogen-bond donors (Lipinski definition) is 2. The van der Waals surface area contributed by atoms with Gasteiger partial charge in [0, 0.05) is 49.9 Å². The number of nitrogens with zero attached hydrogens (tertiary/aromatic N) is 2. The zero-order valence-corrected chi connectivity index (χ0v) is 15.8. The summed E-state index contributed by atoms with van der Waals surface area (Å²) in [5.41, 5.74) is 1.32. The molecule has 3 rings (SSSR count). The number of carbonyl (C=O) groups is 1. The zero-order chi connectivity index (χ0) is 19.9. The number of hydrogen-bond acceptors (Lipinski definition) is 6. The van der Waals surface area contributed by atoms with Crippen molar-refractivity contribution in [2.75, 3.05) is 37.4 Å². The number of methoxy groups -OCH3 is 1. The third-order valence-corrected chi connectivity index (χ3v) is 4.74. The fourth-order valence-electron chi connectivity index (χ4n) is 3.30. The van der Waals surface area contributed by atoms with Gasteiger partial charge in [-0.15, -0.1) is 0 Å². The molecule has 0 spiro atoms. The average Bonchev–Trinajstić information content (AvgIpc) is 3.14. The molecule has 0 aromatic heterocycles. The molecule has 1 unspecified atom stereocenters. The monoisotopic (exact) mass is 384 g/mol. The van der Waals surface area contributed by atoms with E-state index >= 15 is 0 Å². The average molecular weight is 384 g/mol. The number of amides is 1. The van der Waals surface area contributed by atoms with E-state index in [4.69, 9.17) is 4.74 Å². The maximum absolute atomic E-state index is 12.3. The molecule has 1 heterocycles. The van der Waals surface area contributed by atoms with Gasteiger partial charge in [-0.25, -0.2) is 0 Å². The van der Waals surface area contributed by atoms with E-state index in [0.29, 0.717) is 30.4 Å². The smallest absolute Gasteiger partial charge is 0.271 e. The SMILES string of the molecule is COc1ccc([N+](=O)[O-])cc1NC(=O)CCN1CCC(Nc2ccccc2)C1. The lowest BCUT2D eigenvalue weighted by molar-refractivity contribution is -0.384. The number of ether oxygens (including phenoxy) is 1. The van der Waals surface area contributed by atoms with Crippen molar-refractivity contribution in [3.63, 3.8) is 0 Å². The number of nitrogens with one attached hydrogen (secondary N) is 2. The minimum absolute atomic E-state index is 0.0922. The molecule has 1 atom stereocenters. The summed E-state index contributed by atoms with van der Waals surface area (Å²) in [6.45, 7) is 2.44. The molecule has 8 heteroatoms. The summed E-state index contributed by atoms with van der Waals surface area (Å²) in [7, 11) is 1.46. The molecule has 1 aliphatic rings. The highest BCUT2D eigenvalue weighted by Gasteiger charge is 2.23. The lowest BCUT2D eigenvalue weighted by atomic mass is 10.2. The number of carbonyl (C=O) groups excluding carboxylic acids is 1. The molecule has 0 aliphatic carbocycles. The predicted molar refractivity (Wildman–Crippen MR) is 108 cm³/mol. The number of nitro groups is 1. The maximum atomic E-state index is 12.3. The Hall–Kier alpha value is -3.13. The van der Waals surface area contributed by atoms with Gasteiger partial charge in [-0.05, 0) is 24.6 Å². The van der Waals surface area contributed by atoms with Gasteiger partial charge in [0.25, 0.3) is 5.69 Å². The van der Waals surface area contributed by atoms with Gasteiger partial charge in [0.1, 0.15) is 5.75 Å². The van der Waals surface area contributed by atoms with E-state index < -0.39 is 4.92 Å². The van der Waals surface area contributed by atoms with E-state index in [9.17, 15) is 14.9 Å². The largest absolute Gasteiger partial charge is 0.495 e. The standard InChI is InChI=1S/C20H24N4O4/c1-28-19-8-7-17(24(26)27)13-18(19)22-20(25)10-12-23-11-9-16(14-23)21-15-5-3-2-4-6-15/h2-8,13,16,21H,9-12,14H2,1H3,(H,22,25). The Bertz CT molecular complexity index is 828. The van der Waals surface area contributed by atoms with Crippen LogP contribution in [0.3, 0.4) is 0 Å². The summed E-state index contributed by atoms with van der Waals surface area (Å²) in [5, 5.41) is 17.2. The fourth-order valence-corrected chi connectivity index (χ4v) is 3.30. The lowest BCUT2D eigenvalue weighted by Crippen LogP contribution is -2.29. The van der Waals surface area contributed by atoms with Crippen LogP contribution in [0.5, 0.6) is 5.75 Å². The minimum Gasteiger partial charge on any atom is -0.495 e. The molecule has 148 valence electrons. The highest BCUT2D eigenvalue weighted by atomic mass is 16.6. The van der Waals surface area contributed by atoms with Crippen LogP contribution in [-0.4, -0.2) is 48.5 Å². The predicted octanol–water partition coefficient (Wildman–Crippen LogP) is 3.12. The van der Waals surface area contributed by atoms with Crippen molar-refractivity contribution >= 4 is 23.0 Å². The summed E-state index contributed by atoms with van der Waals surface area (Å²) in [6.07, 6.45) is 1.33. The zero-order valence-electron chi connectivity index (χ0n) is 15.8. The van der Waals surface area contributed by atoms with E-state index in [0.717, 1.165) is 25.2 Å². The molecule has 0 radical (unpaired) electrons. The Morgan fingerprint density at radius 1 is 1.29 bits per heavy atom. The first-order chi connectivity index (χ1) is 13.5. The van der Waals surface area contributed by atoms with Crippen LogP contribution < -0.4 is 15.4 Å². The summed E-state index contributed by atoms with van der Waals surface area (Å²) in [6, 6.07) is 14.6. The number of rotatable bonds is 8. The number of para-hydroxylation sites is 1. The van der Waals surface area contributed by atoms with Crippen molar-refractivity contribution in [2.24, 2.45) is 0 Å². The van der Waals surface area contributed by atoms with Gasteiger partial charge in [0.05, 0.1) is 17.7 Å². The molecule has 28 heavy (non-hydrogen) atoms. The van der Waals surface area contributed by atoms with Crippen molar-refractivity contribution in [3.8, 4) is 5.75 Å². The highest BCUT2D eigenvalue weighted by molar-refractivity contribution is 5.92. The van der Waals surface area contributed by atoms with Crippen molar-refractivity contribution < 1.29 is 14.5 Å². The van der Waals surface area contributed by atoms with Crippen LogP contribution in [-0.2, 0) is 4.79 Å². The van der Waals surface area contributed by atoms with Gasteiger partial charge in [0.2, 0.25) is 5.91 Å². The van der Waals surface area contributed by atoms with Gasteiger partial charge >= 0.3 is 0 Å². The first-order valence-corrected chi connectivity index (χ1v) is 9.21. The van der Waals surface area contributed by atoms with Crippen molar-refractivity contribution in [2.45, 2.75) is 18.9 Å². The number of nitro benzene ring substituents is 1. The molecule has 8 nitrogen and oxygen atoms in total. The quantitative estimate of drug-likeness (QED) is 0.536. The first-order valence-electron chi connectivity index (χ1n) is 9.21. The molecule has 1 amide bonds. The number of anilines is 2. The summed E-state index contributed by atoms with van der Waals surface area (Å²) in [4.78, 5) is 25.0. The molecule has 1 fully saturated rings. The highest BCUT2D eigenvalue weighted by Crippen LogP contribution is 2.29.